The molecule has 8 nitrogen and oxygen atoms in total. The number of aromatic nitrogens is 3. The maximum Gasteiger partial charge on any atom is 0.328 e. The highest BCUT2D eigenvalue weighted by molar-refractivity contribution is 5.78. The van der Waals surface area contributed by atoms with Crippen molar-refractivity contribution in [1.82, 2.24) is 15.0 Å². The van der Waals surface area contributed by atoms with Crippen LogP contribution in [0.4, 0.5) is 5.95 Å². The summed E-state index contributed by atoms with van der Waals surface area (Å²) in [6.45, 7) is 3.76. The fraction of sp³-hybridized carbons (Fsp3) is 0.636. The van der Waals surface area contributed by atoms with E-state index >= 15 is 0 Å². The first kappa shape index (κ1) is 14.9. The van der Waals surface area contributed by atoms with Crippen molar-refractivity contribution < 1.29 is 19.0 Å². The summed E-state index contributed by atoms with van der Waals surface area (Å²) in [5.41, 5.74) is 0. The van der Waals surface area contributed by atoms with Crippen LogP contribution in [0, 0.1) is 5.92 Å². The Kier molecular flexibility index (Phi) is 5.28. The zero-order valence-electron chi connectivity index (χ0n) is 11.6. The average Bonchev–Trinajstić information content (AvgIpc) is 2.43. The third-order valence-electron chi connectivity index (χ3n) is 2.37. The van der Waals surface area contributed by atoms with E-state index in [-0.39, 0.29) is 23.9 Å². The number of ether oxygens (including phenoxy) is 3. The van der Waals surface area contributed by atoms with Crippen molar-refractivity contribution in [3.05, 3.63) is 0 Å². The van der Waals surface area contributed by atoms with E-state index in [4.69, 9.17) is 14.2 Å². The molecule has 0 fully saturated rings. The largest absolute Gasteiger partial charge is 0.467 e. The van der Waals surface area contributed by atoms with Gasteiger partial charge in [0.05, 0.1) is 21.3 Å². The predicted octanol–water partition coefficient (Wildman–Crippen LogP) is 0.498. The van der Waals surface area contributed by atoms with Crippen molar-refractivity contribution in [3.63, 3.8) is 0 Å². The number of rotatable bonds is 6. The highest BCUT2D eigenvalue weighted by Crippen LogP contribution is 2.15. The summed E-state index contributed by atoms with van der Waals surface area (Å²) >= 11 is 0. The first-order valence-corrected chi connectivity index (χ1v) is 5.70. The van der Waals surface area contributed by atoms with Crippen LogP contribution in [-0.4, -0.2) is 48.3 Å². The molecule has 0 bridgehead atoms. The Labute approximate surface area is 111 Å². The minimum absolute atomic E-state index is 0.00112. The second kappa shape index (κ2) is 6.72. The molecule has 0 aliphatic carbocycles. The van der Waals surface area contributed by atoms with Crippen LogP contribution in [0.15, 0.2) is 0 Å². The molecule has 1 atom stereocenters. The topological polar surface area (TPSA) is 95.5 Å². The van der Waals surface area contributed by atoms with E-state index in [9.17, 15) is 4.79 Å². The molecular formula is C11H18N4O4. The lowest BCUT2D eigenvalue weighted by Crippen LogP contribution is -2.36. The lowest BCUT2D eigenvalue weighted by atomic mass is 10.1. The first-order valence-electron chi connectivity index (χ1n) is 5.70. The average molecular weight is 270 g/mol. The standard InChI is InChI=1S/C11H18N4O4/c1-6(2)7(8(16)17-3)12-9-13-10(18-4)15-11(14-9)19-5/h6-7H,1-5H3,(H,12,13,14,15). The second-order valence-corrected chi connectivity index (χ2v) is 4.02. The normalized spacial score (nSPS) is 11.9. The van der Waals surface area contributed by atoms with Crippen LogP contribution in [0.1, 0.15) is 13.8 Å². The van der Waals surface area contributed by atoms with Crippen LogP contribution in [-0.2, 0) is 9.53 Å². The van der Waals surface area contributed by atoms with Gasteiger partial charge < -0.3 is 19.5 Å². The monoisotopic (exact) mass is 270 g/mol. The summed E-state index contributed by atoms with van der Waals surface area (Å²) in [6.07, 6.45) is 0. The van der Waals surface area contributed by atoms with Gasteiger partial charge in [0.1, 0.15) is 6.04 Å². The molecule has 1 rings (SSSR count). The highest BCUT2D eigenvalue weighted by atomic mass is 16.5. The molecule has 0 aliphatic heterocycles. The number of nitrogens with one attached hydrogen (secondary N) is 1. The van der Waals surface area contributed by atoms with Crippen molar-refractivity contribution >= 4 is 11.9 Å². The van der Waals surface area contributed by atoms with Crippen LogP contribution < -0.4 is 14.8 Å². The van der Waals surface area contributed by atoms with Gasteiger partial charge in [-0.2, -0.15) is 9.97 Å². The number of hydrogen-bond donors (Lipinski definition) is 1. The van der Waals surface area contributed by atoms with Crippen LogP contribution in [0.25, 0.3) is 0 Å². The molecule has 0 aliphatic rings. The van der Waals surface area contributed by atoms with Gasteiger partial charge in [0.25, 0.3) is 0 Å². The van der Waals surface area contributed by atoms with Gasteiger partial charge in [-0.25, -0.2) is 4.79 Å². The molecule has 1 unspecified atom stereocenters. The van der Waals surface area contributed by atoms with E-state index in [0.29, 0.717) is 0 Å². The van der Waals surface area contributed by atoms with Gasteiger partial charge in [-0.05, 0) is 5.92 Å². The molecule has 0 amide bonds. The summed E-state index contributed by atoms with van der Waals surface area (Å²) in [7, 11) is 4.19. The van der Waals surface area contributed by atoms with E-state index in [1.807, 2.05) is 13.8 Å². The zero-order chi connectivity index (χ0) is 14.4. The van der Waals surface area contributed by atoms with E-state index in [0.717, 1.165) is 0 Å². The summed E-state index contributed by atoms with van der Waals surface area (Å²) in [4.78, 5) is 23.5. The lowest BCUT2D eigenvalue weighted by molar-refractivity contribution is -0.142. The Hall–Kier alpha value is -2.12. The van der Waals surface area contributed by atoms with E-state index in [1.165, 1.54) is 21.3 Å². The number of anilines is 1. The molecule has 1 aromatic heterocycles. The minimum Gasteiger partial charge on any atom is -0.467 e. The second-order valence-electron chi connectivity index (χ2n) is 4.02. The molecular weight excluding hydrogens is 252 g/mol. The van der Waals surface area contributed by atoms with Gasteiger partial charge in [-0.3, -0.25) is 0 Å². The summed E-state index contributed by atoms with van der Waals surface area (Å²) < 4.78 is 14.6. The number of carbonyl (C=O) groups excluding carboxylic acids is 1. The van der Waals surface area contributed by atoms with E-state index < -0.39 is 12.0 Å². The van der Waals surface area contributed by atoms with Crippen molar-refractivity contribution in [2.24, 2.45) is 5.92 Å². The van der Waals surface area contributed by atoms with Crippen LogP contribution >= 0.6 is 0 Å². The van der Waals surface area contributed by atoms with Gasteiger partial charge in [-0.1, -0.05) is 13.8 Å². The van der Waals surface area contributed by atoms with Crippen molar-refractivity contribution in [1.29, 1.82) is 0 Å². The van der Waals surface area contributed by atoms with E-state index in [2.05, 4.69) is 20.3 Å². The Bertz CT molecular complexity index is 416. The third kappa shape index (κ3) is 3.94. The number of hydrogen-bond acceptors (Lipinski definition) is 8. The maximum absolute atomic E-state index is 11.6. The Morgan fingerprint density at radius 3 is 1.95 bits per heavy atom. The third-order valence-corrected chi connectivity index (χ3v) is 2.37. The molecule has 106 valence electrons. The van der Waals surface area contributed by atoms with Gasteiger partial charge in [-0.15, -0.1) is 4.98 Å². The first-order chi connectivity index (χ1) is 9.01. The molecule has 8 heteroatoms. The Balaban J connectivity index is 2.98. The predicted molar refractivity (Wildman–Crippen MR) is 67.2 cm³/mol. The molecule has 0 aromatic carbocycles. The number of carbonyl (C=O) groups is 1. The number of methoxy groups -OCH3 is 3. The van der Waals surface area contributed by atoms with Crippen LogP contribution in [0.3, 0.4) is 0 Å². The maximum atomic E-state index is 11.6. The van der Waals surface area contributed by atoms with Gasteiger partial charge in [0, 0.05) is 0 Å². The fourth-order valence-corrected chi connectivity index (χ4v) is 1.35. The molecule has 0 radical (unpaired) electrons. The van der Waals surface area contributed by atoms with Crippen LogP contribution in [0.5, 0.6) is 12.0 Å². The smallest absolute Gasteiger partial charge is 0.328 e. The number of nitrogens with zero attached hydrogens (tertiary/aromatic N) is 3. The SMILES string of the molecule is COC(=O)C(Nc1nc(OC)nc(OC)n1)C(C)C. The van der Waals surface area contributed by atoms with Crippen molar-refractivity contribution in [2.75, 3.05) is 26.6 Å². The summed E-state index contributed by atoms with van der Waals surface area (Å²) in [6, 6.07) is -0.370. The fourth-order valence-electron chi connectivity index (χ4n) is 1.35. The van der Waals surface area contributed by atoms with Crippen molar-refractivity contribution in [2.45, 2.75) is 19.9 Å². The molecule has 0 saturated heterocycles. The molecule has 0 saturated carbocycles. The molecule has 0 spiro atoms. The Morgan fingerprint density at radius 1 is 1.05 bits per heavy atom. The molecule has 1 aromatic rings. The van der Waals surface area contributed by atoms with Gasteiger partial charge in [0.2, 0.25) is 5.95 Å². The molecule has 1 heterocycles. The van der Waals surface area contributed by atoms with Crippen molar-refractivity contribution in [3.8, 4) is 12.0 Å². The van der Waals surface area contributed by atoms with E-state index in [1.54, 1.807) is 0 Å². The van der Waals surface area contributed by atoms with Gasteiger partial charge >= 0.3 is 18.0 Å². The molecule has 1 N–H and O–H groups in total. The number of esters is 1. The summed E-state index contributed by atoms with van der Waals surface area (Å²) in [5, 5.41) is 2.88. The quantitative estimate of drug-likeness (QED) is 0.746. The zero-order valence-corrected chi connectivity index (χ0v) is 11.6. The van der Waals surface area contributed by atoms with Crippen LogP contribution in [0.2, 0.25) is 0 Å². The summed E-state index contributed by atoms with van der Waals surface area (Å²) in [5.74, 6) is -0.206. The van der Waals surface area contributed by atoms with Gasteiger partial charge in [0.15, 0.2) is 0 Å². The lowest BCUT2D eigenvalue weighted by Gasteiger charge is -2.19. The molecule has 19 heavy (non-hydrogen) atoms. The highest BCUT2D eigenvalue weighted by Gasteiger charge is 2.24. The minimum atomic E-state index is -0.568. The Morgan fingerprint density at radius 2 is 1.58 bits per heavy atom.